The van der Waals surface area contributed by atoms with Crippen molar-refractivity contribution in [3.63, 3.8) is 0 Å². The molecule has 1 aromatic carbocycles. The Labute approximate surface area is 109 Å². The number of rotatable bonds is 0. The highest BCUT2D eigenvalue weighted by molar-refractivity contribution is 9.10. The Kier molecular flexibility index (Phi) is 2.97. The van der Waals surface area contributed by atoms with E-state index in [-0.39, 0.29) is 5.41 Å². The van der Waals surface area contributed by atoms with E-state index in [1.165, 1.54) is 5.56 Å². The molecule has 0 aliphatic rings. The van der Waals surface area contributed by atoms with Gasteiger partial charge >= 0.3 is 0 Å². The van der Waals surface area contributed by atoms with Crippen LogP contribution in [0.4, 0.5) is 0 Å². The molecule has 0 aliphatic carbocycles. The van der Waals surface area contributed by atoms with Gasteiger partial charge in [-0.05, 0) is 45.1 Å². The molecule has 0 spiro atoms. The van der Waals surface area contributed by atoms with Gasteiger partial charge in [0.2, 0.25) is 0 Å². The molecule has 0 N–H and O–H groups in total. The average Bonchev–Trinajstić information content (AvgIpc) is 2.17. The second kappa shape index (κ2) is 4.01. The zero-order valence-electron chi connectivity index (χ0n) is 9.51. The first-order chi connectivity index (χ1) is 7.38. The first kappa shape index (κ1) is 11.9. The van der Waals surface area contributed by atoms with Crippen molar-refractivity contribution in [1.29, 1.82) is 0 Å². The van der Waals surface area contributed by atoms with Crippen molar-refractivity contribution in [2.24, 2.45) is 0 Å². The Balaban J connectivity index is 2.67. The lowest BCUT2D eigenvalue weighted by Gasteiger charge is -2.19. The number of benzene rings is 1. The van der Waals surface area contributed by atoms with Crippen molar-refractivity contribution in [1.82, 2.24) is 4.98 Å². The molecule has 0 unspecified atom stereocenters. The molecule has 2 aromatic rings. The third kappa shape index (κ3) is 2.23. The topological polar surface area (TPSA) is 12.9 Å². The Morgan fingerprint density at radius 3 is 2.50 bits per heavy atom. The van der Waals surface area contributed by atoms with Gasteiger partial charge in [-0.3, -0.25) is 0 Å². The SMILES string of the molecule is CC(C)(C)c1ccc2nc(Cl)c(Br)cc2c1. The molecule has 0 saturated heterocycles. The molecule has 0 amide bonds. The molecule has 0 bridgehead atoms. The number of hydrogen-bond donors (Lipinski definition) is 0. The van der Waals surface area contributed by atoms with Gasteiger partial charge in [0, 0.05) is 5.39 Å². The molecule has 1 nitrogen and oxygen atoms in total. The third-order valence-electron chi connectivity index (χ3n) is 2.59. The largest absolute Gasteiger partial charge is 0.235 e. The van der Waals surface area contributed by atoms with E-state index in [9.17, 15) is 0 Å². The standard InChI is InChI=1S/C13H13BrClN/c1-13(2,3)9-4-5-11-8(6-9)7-10(14)12(15)16-11/h4-7H,1-3H3. The van der Waals surface area contributed by atoms with Crippen molar-refractivity contribution < 1.29 is 0 Å². The monoisotopic (exact) mass is 297 g/mol. The fourth-order valence-electron chi connectivity index (χ4n) is 1.59. The van der Waals surface area contributed by atoms with Gasteiger partial charge in [0.25, 0.3) is 0 Å². The minimum atomic E-state index is 0.153. The van der Waals surface area contributed by atoms with Crippen LogP contribution in [0.3, 0.4) is 0 Å². The van der Waals surface area contributed by atoms with Crippen molar-refractivity contribution >= 4 is 38.4 Å². The quantitative estimate of drug-likeness (QED) is 0.627. The van der Waals surface area contributed by atoms with E-state index < -0.39 is 0 Å². The summed E-state index contributed by atoms with van der Waals surface area (Å²) >= 11 is 9.36. The Hall–Kier alpha value is -0.600. The number of fused-ring (bicyclic) bond motifs is 1. The fraction of sp³-hybridized carbons (Fsp3) is 0.308. The molecule has 1 aromatic heterocycles. The second-order valence-corrected chi connectivity index (χ2v) is 6.13. The van der Waals surface area contributed by atoms with Crippen LogP contribution in [-0.4, -0.2) is 4.98 Å². The number of aromatic nitrogens is 1. The molecule has 16 heavy (non-hydrogen) atoms. The Morgan fingerprint density at radius 2 is 1.88 bits per heavy atom. The highest BCUT2D eigenvalue weighted by Crippen LogP contribution is 2.29. The molecule has 1 heterocycles. The number of pyridine rings is 1. The zero-order valence-corrected chi connectivity index (χ0v) is 11.9. The summed E-state index contributed by atoms with van der Waals surface area (Å²) in [5.41, 5.74) is 2.39. The van der Waals surface area contributed by atoms with Crippen LogP contribution in [0.15, 0.2) is 28.7 Å². The van der Waals surface area contributed by atoms with Crippen LogP contribution in [0, 0.1) is 0 Å². The number of hydrogen-bond acceptors (Lipinski definition) is 1. The first-order valence-electron chi connectivity index (χ1n) is 5.14. The van der Waals surface area contributed by atoms with Gasteiger partial charge in [-0.25, -0.2) is 4.98 Å². The smallest absolute Gasteiger partial charge is 0.143 e. The predicted octanol–water partition coefficient (Wildman–Crippen LogP) is 4.95. The van der Waals surface area contributed by atoms with E-state index in [4.69, 9.17) is 11.6 Å². The minimum absolute atomic E-state index is 0.153. The number of halogens is 2. The summed E-state index contributed by atoms with van der Waals surface area (Å²) in [6.07, 6.45) is 0. The molecule has 0 atom stereocenters. The molecular formula is C13H13BrClN. The first-order valence-corrected chi connectivity index (χ1v) is 6.31. The van der Waals surface area contributed by atoms with Gasteiger partial charge in [-0.15, -0.1) is 0 Å². The van der Waals surface area contributed by atoms with Crippen LogP contribution in [0.5, 0.6) is 0 Å². The molecule has 2 rings (SSSR count). The van der Waals surface area contributed by atoms with E-state index in [2.05, 4.69) is 53.8 Å². The van der Waals surface area contributed by atoms with E-state index >= 15 is 0 Å². The maximum Gasteiger partial charge on any atom is 0.143 e. The summed E-state index contributed by atoms with van der Waals surface area (Å²) in [7, 11) is 0. The van der Waals surface area contributed by atoms with Crippen molar-refractivity contribution in [3.8, 4) is 0 Å². The third-order valence-corrected chi connectivity index (χ3v) is 3.71. The molecular weight excluding hydrogens is 286 g/mol. The van der Waals surface area contributed by atoms with Crippen molar-refractivity contribution in [2.45, 2.75) is 26.2 Å². The van der Waals surface area contributed by atoms with Crippen LogP contribution in [0.1, 0.15) is 26.3 Å². The van der Waals surface area contributed by atoms with E-state index in [0.717, 1.165) is 15.4 Å². The van der Waals surface area contributed by atoms with Crippen molar-refractivity contribution in [2.75, 3.05) is 0 Å². The zero-order chi connectivity index (χ0) is 11.9. The van der Waals surface area contributed by atoms with Crippen LogP contribution in [-0.2, 0) is 5.41 Å². The van der Waals surface area contributed by atoms with Gasteiger partial charge in [-0.2, -0.15) is 0 Å². The molecule has 0 saturated carbocycles. The summed E-state index contributed by atoms with van der Waals surface area (Å²) in [5.74, 6) is 0. The Morgan fingerprint density at radius 1 is 1.19 bits per heavy atom. The maximum atomic E-state index is 5.96. The van der Waals surface area contributed by atoms with Crippen LogP contribution < -0.4 is 0 Å². The molecule has 0 fully saturated rings. The normalized spacial score (nSPS) is 12.1. The molecule has 0 radical (unpaired) electrons. The van der Waals surface area contributed by atoms with Gasteiger partial charge in [-0.1, -0.05) is 38.4 Å². The summed E-state index contributed by atoms with van der Waals surface area (Å²) in [4.78, 5) is 4.32. The van der Waals surface area contributed by atoms with Crippen LogP contribution in [0.25, 0.3) is 10.9 Å². The van der Waals surface area contributed by atoms with Gasteiger partial charge < -0.3 is 0 Å². The summed E-state index contributed by atoms with van der Waals surface area (Å²) in [5, 5.41) is 1.62. The Bertz CT molecular complexity index is 543. The summed E-state index contributed by atoms with van der Waals surface area (Å²) in [6.45, 7) is 6.60. The van der Waals surface area contributed by atoms with Crippen LogP contribution in [0.2, 0.25) is 5.15 Å². The summed E-state index contributed by atoms with van der Waals surface area (Å²) in [6, 6.07) is 8.32. The predicted molar refractivity (Wildman–Crippen MR) is 73.2 cm³/mol. The van der Waals surface area contributed by atoms with E-state index in [1.54, 1.807) is 0 Å². The highest BCUT2D eigenvalue weighted by Gasteiger charge is 2.14. The van der Waals surface area contributed by atoms with Gasteiger partial charge in [0.15, 0.2) is 0 Å². The second-order valence-electron chi connectivity index (χ2n) is 4.92. The molecule has 3 heteroatoms. The lowest BCUT2D eigenvalue weighted by molar-refractivity contribution is 0.591. The van der Waals surface area contributed by atoms with Gasteiger partial charge in [0.1, 0.15) is 5.15 Å². The lowest BCUT2D eigenvalue weighted by Crippen LogP contribution is -2.10. The maximum absolute atomic E-state index is 5.96. The molecule has 0 aliphatic heterocycles. The van der Waals surface area contributed by atoms with Crippen molar-refractivity contribution in [3.05, 3.63) is 39.5 Å². The van der Waals surface area contributed by atoms with E-state index in [0.29, 0.717) is 5.15 Å². The van der Waals surface area contributed by atoms with Crippen LogP contribution >= 0.6 is 27.5 Å². The highest BCUT2D eigenvalue weighted by atomic mass is 79.9. The average molecular weight is 299 g/mol. The fourth-order valence-corrected chi connectivity index (χ4v) is 2.07. The summed E-state index contributed by atoms with van der Waals surface area (Å²) < 4.78 is 0.840. The van der Waals surface area contributed by atoms with Gasteiger partial charge in [0.05, 0.1) is 9.99 Å². The van der Waals surface area contributed by atoms with E-state index in [1.807, 2.05) is 12.1 Å². The number of nitrogens with zero attached hydrogens (tertiary/aromatic N) is 1. The minimum Gasteiger partial charge on any atom is -0.235 e. The lowest BCUT2D eigenvalue weighted by atomic mass is 9.86. The molecule has 84 valence electrons.